The SMILES string of the molecule is CC1=CCC(C(C)=CC(=O)O)CC1. The first-order valence-electron chi connectivity index (χ1n) is 4.66. The fraction of sp³-hybridized carbons (Fsp3) is 0.545. The van der Waals surface area contributed by atoms with E-state index in [1.807, 2.05) is 6.92 Å². The van der Waals surface area contributed by atoms with E-state index in [0.29, 0.717) is 5.92 Å². The number of carbonyl (C=O) groups is 1. The maximum Gasteiger partial charge on any atom is 0.328 e. The van der Waals surface area contributed by atoms with Crippen molar-refractivity contribution in [2.24, 2.45) is 5.92 Å². The summed E-state index contributed by atoms with van der Waals surface area (Å²) in [6, 6.07) is 0. The summed E-state index contributed by atoms with van der Waals surface area (Å²) >= 11 is 0. The van der Waals surface area contributed by atoms with Gasteiger partial charge in [0.2, 0.25) is 0 Å². The first-order chi connectivity index (χ1) is 6.09. The molecule has 1 rings (SSSR count). The van der Waals surface area contributed by atoms with E-state index in [2.05, 4.69) is 13.0 Å². The molecule has 0 heterocycles. The smallest absolute Gasteiger partial charge is 0.328 e. The summed E-state index contributed by atoms with van der Waals surface area (Å²) in [5.74, 6) is -0.386. The highest BCUT2D eigenvalue weighted by atomic mass is 16.4. The number of aliphatic carboxylic acids is 1. The fourth-order valence-electron chi connectivity index (χ4n) is 1.69. The predicted molar refractivity (Wildman–Crippen MR) is 52.5 cm³/mol. The van der Waals surface area contributed by atoms with Crippen LogP contribution >= 0.6 is 0 Å². The molecular formula is C11H16O2. The maximum atomic E-state index is 10.4. The van der Waals surface area contributed by atoms with Crippen molar-refractivity contribution in [3.63, 3.8) is 0 Å². The molecule has 2 heteroatoms. The van der Waals surface area contributed by atoms with Crippen LogP contribution in [0.15, 0.2) is 23.3 Å². The van der Waals surface area contributed by atoms with Gasteiger partial charge >= 0.3 is 5.97 Å². The van der Waals surface area contributed by atoms with Crippen LogP contribution in [0.2, 0.25) is 0 Å². The third kappa shape index (κ3) is 3.05. The van der Waals surface area contributed by atoms with Gasteiger partial charge in [0, 0.05) is 6.08 Å². The molecule has 0 saturated heterocycles. The van der Waals surface area contributed by atoms with Crippen LogP contribution in [0.5, 0.6) is 0 Å². The van der Waals surface area contributed by atoms with Gasteiger partial charge < -0.3 is 5.11 Å². The lowest BCUT2D eigenvalue weighted by Crippen LogP contribution is -2.07. The molecule has 0 radical (unpaired) electrons. The number of carboxylic acids is 1. The Kier molecular flexibility index (Phi) is 3.29. The zero-order valence-electron chi connectivity index (χ0n) is 8.21. The van der Waals surface area contributed by atoms with Gasteiger partial charge in [0.1, 0.15) is 0 Å². The van der Waals surface area contributed by atoms with Gasteiger partial charge in [0.05, 0.1) is 0 Å². The van der Waals surface area contributed by atoms with Gasteiger partial charge in [-0.2, -0.15) is 0 Å². The lowest BCUT2D eigenvalue weighted by atomic mass is 9.85. The summed E-state index contributed by atoms with van der Waals surface area (Å²) in [6.45, 7) is 4.04. The molecule has 1 unspecified atom stereocenters. The minimum atomic E-state index is -0.830. The molecule has 0 saturated carbocycles. The molecule has 0 amide bonds. The molecule has 0 aromatic rings. The van der Waals surface area contributed by atoms with Gasteiger partial charge in [0.25, 0.3) is 0 Å². The standard InChI is InChI=1S/C11H16O2/c1-8-3-5-10(6-4-8)9(2)7-11(12)13/h3,7,10H,4-6H2,1-2H3,(H,12,13). The lowest BCUT2D eigenvalue weighted by Gasteiger charge is -2.20. The Labute approximate surface area is 79.0 Å². The molecule has 0 bridgehead atoms. The van der Waals surface area contributed by atoms with Crippen LogP contribution in [-0.4, -0.2) is 11.1 Å². The van der Waals surface area contributed by atoms with Gasteiger partial charge in [-0.15, -0.1) is 0 Å². The molecule has 1 aliphatic rings. The first kappa shape index (κ1) is 10.0. The van der Waals surface area contributed by atoms with Crippen LogP contribution in [0, 0.1) is 5.92 Å². The monoisotopic (exact) mass is 180 g/mol. The second-order valence-corrected chi connectivity index (χ2v) is 3.75. The largest absolute Gasteiger partial charge is 0.478 e. The zero-order valence-corrected chi connectivity index (χ0v) is 8.21. The van der Waals surface area contributed by atoms with Gasteiger partial charge in [-0.25, -0.2) is 4.79 Å². The molecule has 72 valence electrons. The third-order valence-corrected chi connectivity index (χ3v) is 2.63. The summed E-state index contributed by atoms with van der Waals surface area (Å²) < 4.78 is 0. The second kappa shape index (κ2) is 4.26. The van der Waals surface area contributed by atoms with Crippen LogP contribution in [-0.2, 0) is 4.79 Å². The third-order valence-electron chi connectivity index (χ3n) is 2.63. The van der Waals surface area contributed by atoms with E-state index in [-0.39, 0.29) is 0 Å². The van der Waals surface area contributed by atoms with Crippen molar-refractivity contribution in [3.8, 4) is 0 Å². The Morgan fingerprint density at radius 3 is 2.85 bits per heavy atom. The second-order valence-electron chi connectivity index (χ2n) is 3.75. The minimum absolute atomic E-state index is 0.444. The number of allylic oxidation sites excluding steroid dienone is 3. The van der Waals surface area contributed by atoms with Crippen molar-refractivity contribution >= 4 is 5.97 Å². The van der Waals surface area contributed by atoms with E-state index in [1.165, 1.54) is 11.6 Å². The number of hydrogen-bond donors (Lipinski definition) is 1. The zero-order chi connectivity index (χ0) is 9.84. The van der Waals surface area contributed by atoms with E-state index in [0.717, 1.165) is 24.8 Å². The van der Waals surface area contributed by atoms with Gasteiger partial charge in [0.15, 0.2) is 0 Å². The number of carboxylic acid groups (broad SMARTS) is 1. The average Bonchev–Trinajstić information content (AvgIpc) is 2.04. The van der Waals surface area contributed by atoms with Crippen molar-refractivity contribution in [2.75, 3.05) is 0 Å². The highest BCUT2D eigenvalue weighted by Crippen LogP contribution is 2.28. The number of hydrogen-bond acceptors (Lipinski definition) is 1. The molecule has 1 aliphatic carbocycles. The topological polar surface area (TPSA) is 37.3 Å². The van der Waals surface area contributed by atoms with Crippen LogP contribution in [0.3, 0.4) is 0 Å². The van der Waals surface area contributed by atoms with Gasteiger partial charge in [-0.1, -0.05) is 17.2 Å². The summed E-state index contributed by atoms with van der Waals surface area (Å²) in [6.07, 6.45) is 6.75. The molecule has 1 atom stereocenters. The highest BCUT2D eigenvalue weighted by molar-refractivity contribution is 5.80. The molecule has 0 aliphatic heterocycles. The summed E-state index contributed by atoms with van der Waals surface area (Å²) in [4.78, 5) is 10.4. The Hall–Kier alpha value is -1.05. The van der Waals surface area contributed by atoms with E-state index >= 15 is 0 Å². The Morgan fingerprint density at radius 2 is 2.38 bits per heavy atom. The first-order valence-corrected chi connectivity index (χ1v) is 4.66. The Bertz CT molecular complexity index is 261. The van der Waals surface area contributed by atoms with Crippen molar-refractivity contribution in [1.29, 1.82) is 0 Å². The van der Waals surface area contributed by atoms with E-state index in [9.17, 15) is 4.79 Å². The Balaban J connectivity index is 2.60. The van der Waals surface area contributed by atoms with Crippen molar-refractivity contribution in [1.82, 2.24) is 0 Å². The summed E-state index contributed by atoms with van der Waals surface area (Å²) in [5.41, 5.74) is 2.43. The van der Waals surface area contributed by atoms with Crippen molar-refractivity contribution in [2.45, 2.75) is 33.1 Å². The summed E-state index contributed by atoms with van der Waals surface area (Å²) in [5, 5.41) is 8.57. The van der Waals surface area contributed by atoms with Crippen molar-refractivity contribution < 1.29 is 9.90 Å². The molecule has 13 heavy (non-hydrogen) atoms. The van der Waals surface area contributed by atoms with E-state index in [4.69, 9.17) is 5.11 Å². The fourth-order valence-corrected chi connectivity index (χ4v) is 1.69. The summed E-state index contributed by atoms with van der Waals surface area (Å²) in [7, 11) is 0. The van der Waals surface area contributed by atoms with Crippen molar-refractivity contribution in [3.05, 3.63) is 23.3 Å². The Morgan fingerprint density at radius 1 is 1.69 bits per heavy atom. The molecule has 0 spiro atoms. The quantitative estimate of drug-likeness (QED) is 0.524. The predicted octanol–water partition coefficient (Wildman–Crippen LogP) is 2.76. The van der Waals surface area contributed by atoms with Crippen LogP contribution < -0.4 is 0 Å². The van der Waals surface area contributed by atoms with E-state index in [1.54, 1.807) is 0 Å². The minimum Gasteiger partial charge on any atom is -0.478 e. The normalized spacial score (nSPS) is 24.0. The van der Waals surface area contributed by atoms with E-state index < -0.39 is 5.97 Å². The van der Waals surface area contributed by atoms with Crippen LogP contribution in [0.25, 0.3) is 0 Å². The van der Waals surface area contributed by atoms with Gasteiger partial charge in [-0.05, 0) is 39.0 Å². The molecular weight excluding hydrogens is 164 g/mol. The lowest BCUT2D eigenvalue weighted by molar-refractivity contribution is -0.131. The van der Waals surface area contributed by atoms with Crippen LogP contribution in [0.1, 0.15) is 33.1 Å². The average molecular weight is 180 g/mol. The van der Waals surface area contributed by atoms with Gasteiger partial charge in [-0.3, -0.25) is 0 Å². The molecule has 2 nitrogen and oxygen atoms in total. The number of rotatable bonds is 2. The van der Waals surface area contributed by atoms with Crippen LogP contribution in [0.4, 0.5) is 0 Å². The molecule has 0 aromatic heterocycles. The molecule has 0 fully saturated rings. The molecule has 0 aromatic carbocycles. The maximum absolute atomic E-state index is 10.4. The highest BCUT2D eigenvalue weighted by Gasteiger charge is 2.14. The molecule has 1 N–H and O–H groups in total.